The molecule has 1 aromatic carbocycles. The normalized spacial score (nSPS) is 11.9. The molecule has 6 nitrogen and oxygen atoms in total. The fourth-order valence-electron chi connectivity index (χ4n) is 1.25. The van der Waals surface area contributed by atoms with E-state index in [2.05, 4.69) is 4.74 Å². The van der Waals surface area contributed by atoms with Gasteiger partial charge in [-0.15, -0.1) is 0 Å². The van der Waals surface area contributed by atoms with E-state index in [-0.39, 0.29) is 17.9 Å². The Morgan fingerprint density at radius 3 is 2.53 bits per heavy atom. The predicted molar refractivity (Wildman–Crippen MR) is 58.2 cm³/mol. The van der Waals surface area contributed by atoms with Crippen LogP contribution in [0.2, 0.25) is 0 Å². The molecule has 1 atom stereocenters. The fraction of sp³-hybridized carbons (Fsp3) is 0.273. The molecule has 0 radical (unpaired) electrons. The molecule has 6 heteroatoms. The lowest BCUT2D eigenvalue weighted by Gasteiger charge is -2.10. The van der Waals surface area contributed by atoms with Gasteiger partial charge in [0.2, 0.25) is 0 Å². The van der Waals surface area contributed by atoms with Gasteiger partial charge in [-0.25, -0.2) is 4.79 Å². The van der Waals surface area contributed by atoms with Gasteiger partial charge in [0.05, 0.1) is 0 Å². The third kappa shape index (κ3) is 3.76. The van der Waals surface area contributed by atoms with Crippen LogP contribution in [0, 0.1) is 0 Å². The third-order valence-electron chi connectivity index (χ3n) is 2.04. The number of hydrogen-bond acceptors (Lipinski definition) is 6. The molecule has 92 valence electrons. The SMILES string of the molecule is CC(=O)OC(=O)[C@@H](N)Cc1ccc(O)c(O)c1. The largest absolute Gasteiger partial charge is 0.504 e. The molecule has 0 heterocycles. The van der Waals surface area contributed by atoms with E-state index in [4.69, 9.17) is 10.8 Å². The van der Waals surface area contributed by atoms with E-state index in [1.54, 1.807) is 0 Å². The number of hydrogen-bond donors (Lipinski definition) is 3. The van der Waals surface area contributed by atoms with Gasteiger partial charge in [-0.2, -0.15) is 0 Å². The Morgan fingerprint density at radius 2 is 2.00 bits per heavy atom. The number of carbonyl (C=O) groups is 2. The lowest BCUT2D eigenvalue weighted by atomic mass is 10.1. The maximum Gasteiger partial charge on any atom is 0.330 e. The molecule has 0 unspecified atom stereocenters. The topological polar surface area (TPSA) is 110 Å². The second-order valence-corrected chi connectivity index (χ2v) is 3.55. The molecule has 0 aromatic heterocycles. The average molecular weight is 239 g/mol. The molecule has 0 bridgehead atoms. The zero-order valence-electron chi connectivity index (χ0n) is 9.21. The maximum absolute atomic E-state index is 11.2. The van der Waals surface area contributed by atoms with Crippen molar-refractivity contribution in [2.45, 2.75) is 19.4 Å². The van der Waals surface area contributed by atoms with Gasteiger partial charge >= 0.3 is 11.9 Å². The van der Waals surface area contributed by atoms with Gasteiger partial charge in [-0.05, 0) is 24.1 Å². The maximum atomic E-state index is 11.2. The zero-order valence-corrected chi connectivity index (χ0v) is 9.21. The Balaban J connectivity index is 2.67. The van der Waals surface area contributed by atoms with Crippen LogP contribution in [0.15, 0.2) is 18.2 Å². The van der Waals surface area contributed by atoms with Crippen molar-refractivity contribution in [3.05, 3.63) is 23.8 Å². The van der Waals surface area contributed by atoms with Crippen molar-refractivity contribution in [2.24, 2.45) is 5.73 Å². The minimum atomic E-state index is -0.997. The van der Waals surface area contributed by atoms with Crippen LogP contribution in [0.25, 0.3) is 0 Å². The van der Waals surface area contributed by atoms with E-state index in [0.29, 0.717) is 5.56 Å². The summed E-state index contributed by atoms with van der Waals surface area (Å²) in [6.07, 6.45) is 0.0972. The van der Waals surface area contributed by atoms with Crippen LogP contribution in [0.1, 0.15) is 12.5 Å². The van der Waals surface area contributed by atoms with Gasteiger partial charge < -0.3 is 20.7 Å². The van der Waals surface area contributed by atoms with Crippen LogP contribution in [0.4, 0.5) is 0 Å². The minimum Gasteiger partial charge on any atom is -0.504 e. The van der Waals surface area contributed by atoms with Crippen LogP contribution in [-0.4, -0.2) is 28.2 Å². The molecule has 0 aliphatic rings. The van der Waals surface area contributed by atoms with Crippen molar-refractivity contribution >= 4 is 11.9 Å². The van der Waals surface area contributed by atoms with Gasteiger partial charge in [0.15, 0.2) is 11.5 Å². The van der Waals surface area contributed by atoms with Crippen LogP contribution < -0.4 is 5.73 Å². The van der Waals surface area contributed by atoms with Crippen molar-refractivity contribution in [1.29, 1.82) is 0 Å². The van der Waals surface area contributed by atoms with Crippen molar-refractivity contribution < 1.29 is 24.5 Å². The number of aromatic hydroxyl groups is 2. The molecular weight excluding hydrogens is 226 g/mol. The Hall–Kier alpha value is -2.08. The number of benzene rings is 1. The zero-order chi connectivity index (χ0) is 13.0. The van der Waals surface area contributed by atoms with Crippen molar-refractivity contribution in [1.82, 2.24) is 0 Å². The quantitative estimate of drug-likeness (QED) is 0.391. The Labute approximate surface area is 97.6 Å². The van der Waals surface area contributed by atoms with Crippen LogP contribution >= 0.6 is 0 Å². The number of esters is 2. The van der Waals surface area contributed by atoms with Crippen molar-refractivity contribution in [3.63, 3.8) is 0 Å². The molecule has 0 saturated carbocycles. The van der Waals surface area contributed by atoms with E-state index in [0.717, 1.165) is 6.92 Å². The van der Waals surface area contributed by atoms with E-state index in [1.165, 1.54) is 18.2 Å². The summed E-state index contributed by atoms with van der Waals surface area (Å²) in [4.78, 5) is 21.8. The van der Waals surface area contributed by atoms with E-state index < -0.39 is 18.0 Å². The highest BCUT2D eigenvalue weighted by Gasteiger charge is 2.17. The monoisotopic (exact) mass is 239 g/mol. The summed E-state index contributed by atoms with van der Waals surface area (Å²) in [5.41, 5.74) is 6.06. The lowest BCUT2D eigenvalue weighted by Crippen LogP contribution is -2.35. The number of rotatable bonds is 3. The van der Waals surface area contributed by atoms with Crippen molar-refractivity contribution in [3.8, 4) is 11.5 Å². The molecule has 4 N–H and O–H groups in total. The summed E-state index contributed by atoms with van der Waals surface area (Å²) in [5.74, 6) is -2.10. The summed E-state index contributed by atoms with van der Waals surface area (Å²) >= 11 is 0. The van der Waals surface area contributed by atoms with E-state index in [9.17, 15) is 14.7 Å². The van der Waals surface area contributed by atoms with Gasteiger partial charge in [0, 0.05) is 6.92 Å². The molecule has 0 aliphatic carbocycles. The summed E-state index contributed by atoms with van der Waals surface area (Å²) in [6, 6.07) is 3.09. The average Bonchev–Trinajstić information content (AvgIpc) is 2.22. The number of nitrogens with two attached hydrogens (primary N) is 1. The van der Waals surface area contributed by atoms with Crippen LogP contribution in [-0.2, 0) is 20.7 Å². The van der Waals surface area contributed by atoms with Crippen molar-refractivity contribution in [2.75, 3.05) is 0 Å². The van der Waals surface area contributed by atoms with Gasteiger partial charge in [-0.1, -0.05) is 6.07 Å². The first-order valence-electron chi connectivity index (χ1n) is 4.89. The third-order valence-corrected chi connectivity index (χ3v) is 2.04. The highest BCUT2D eigenvalue weighted by molar-refractivity contribution is 5.87. The fourth-order valence-corrected chi connectivity index (χ4v) is 1.25. The highest BCUT2D eigenvalue weighted by atomic mass is 16.6. The molecule has 0 saturated heterocycles. The van der Waals surface area contributed by atoms with Crippen LogP contribution in [0.5, 0.6) is 11.5 Å². The molecule has 17 heavy (non-hydrogen) atoms. The lowest BCUT2D eigenvalue weighted by molar-refractivity contribution is -0.159. The number of phenolic OH excluding ortho intramolecular Hbond substituents is 2. The first kappa shape index (κ1) is 13.0. The van der Waals surface area contributed by atoms with E-state index >= 15 is 0 Å². The summed E-state index contributed by atoms with van der Waals surface area (Å²) in [5, 5.41) is 18.3. The first-order valence-corrected chi connectivity index (χ1v) is 4.89. The highest BCUT2D eigenvalue weighted by Crippen LogP contribution is 2.25. The smallest absolute Gasteiger partial charge is 0.330 e. The Bertz CT molecular complexity index is 443. The first-order chi connectivity index (χ1) is 7.90. The number of carbonyl (C=O) groups excluding carboxylic acids is 2. The molecule has 0 fully saturated rings. The minimum absolute atomic E-state index is 0.0972. The number of ether oxygens (including phenoxy) is 1. The van der Waals surface area contributed by atoms with Crippen LogP contribution in [0.3, 0.4) is 0 Å². The molecule has 1 rings (SSSR count). The predicted octanol–water partition coefficient (Wildman–Crippen LogP) is 0.0573. The molecular formula is C11H13NO5. The number of phenols is 2. The Kier molecular flexibility index (Phi) is 4.06. The van der Waals surface area contributed by atoms with E-state index in [1.807, 2.05) is 0 Å². The Morgan fingerprint density at radius 1 is 1.35 bits per heavy atom. The molecule has 0 amide bonds. The molecule has 0 aliphatic heterocycles. The standard InChI is InChI=1S/C11H13NO5/c1-6(13)17-11(16)8(12)4-7-2-3-9(14)10(15)5-7/h2-3,5,8,14-15H,4,12H2,1H3/t8-/m0/s1. The van der Waals surface area contributed by atoms with Gasteiger partial charge in [0.1, 0.15) is 6.04 Å². The van der Waals surface area contributed by atoms with Gasteiger partial charge in [0.25, 0.3) is 0 Å². The summed E-state index contributed by atoms with van der Waals surface area (Å²) in [7, 11) is 0. The molecule has 0 spiro atoms. The molecule has 1 aromatic rings. The summed E-state index contributed by atoms with van der Waals surface area (Å²) < 4.78 is 4.32. The van der Waals surface area contributed by atoms with Gasteiger partial charge in [-0.3, -0.25) is 4.79 Å². The second kappa shape index (κ2) is 5.31. The summed E-state index contributed by atoms with van der Waals surface area (Å²) in [6.45, 7) is 1.11. The second-order valence-electron chi connectivity index (χ2n) is 3.55.